The lowest BCUT2D eigenvalue weighted by Crippen LogP contribution is -2.23. The number of hydrogen-bond donors (Lipinski definition) is 2. The van der Waals surface area contributed by atoms with E-state index < -0.39 is 0 Å². The van der Waals surface area contributed by atoms with E-state index >= 15 is 0 Å². The molecule has 2 N–H and O–H groups in total. The number of anilines is 2. The van der Waals surface area contributed by atoms with Crippen molar-refractivity contribution in [3.8, 4) is 0 Å². The molecule has 1 aromatic heterocycles. The van der Waals surface area contributed by atoms with Crippen molar-refractivity contribution in [2.24, 2.45) is 0 Å². The third kappa shape index (κ3) is 3.58. The number of hydrogen-bond acceptors (Lipinski definition) is 4. The van der Waals surface area contributed by atoms with Gasteiger partial charge >= 0.3 is 0 Å². The molecule has 19 heavy (non-hydrogen) atoms. The average Bonchev–Trinajstić information content (AvgIpc) is 2.93. The fourth-order valence-corrected chi connectivity index (χ4v) is 3.22. The van der Waals surface area contributed by atoms with Crippen LogP contribution in [0.3, 0.4) is 0 Å². The summed E-state index contributed by atoms with van der Waals surface area (Å²) in [4.78, 5) is 8.93. The zero-order valence-electron chi connectivity index (χ0n) is 11.6. The lowest BCUT2D eigenvalue weighted by molar-refractivity contribution is 0.462. The zero-order valence-corrected chi connectivity index (χ0v) is 11.6. The highest BCUT2D eigenvalue weighted by Gasteiger charge is 2.16. The summed E-state index contributed by atoms with van der Waals surface area (Å²) in [6, 6.07) is 3.15. The molecule has 2 aliphatic carbocycles. The highest BCUT2D eigenvalue weighted by Crippen LogP contribution is 2.23. The maximum absolute atomic E-state index is 4.60. The summed E-state index contributed by atoms with van der Waals surface area (Å²) in [5, 5.41) is 7.01. The van der Waals surface area contributed by atoms with Crippen LogP contribution in [0, 0.1) is 0 Å². The first-order valence-corrected chi connectivity index (χ1v) is 7.76. The first-order valence-electron chi connectivity index (χ1n) is 7.76. The maximum atomic E-state index is 4.60. The van der Waals surface area contributed by atoms with E-state index in [1.165, 1.54) is 57.8 Å². The smallest absolute Gasteiger partial charge is 0.224 e. The normalized spacial score (nSPS) is 21.5. The summed E-state index contributed by atoms with van der Waals surface area (Å²) in [5.74, 6) is 1.76. The molecule has 1 heterocycles. The van der Waals surface area contributed by atoms with E-state index in [1.807, 2.05) is 12.3 Å². The molecule has 2 saturated carbocycles. The van der Waals surface area contributed by atoms with Gasteiger partial charge in [-0.25, -0.2) is 4.98 Å². The van der Waals surface area contributed by atoms with E-state index in [9.17, 15) is 0 Å². The Hall–Kier alpha value is -1.32. The van der Waals surface area contributed by atoms with Crippen molar-refractivity contribution in [1.82, 2.24) is 9.97 Å². The SMILES string of the molecule is c1cc(NC2CCCCC2)nc(NC2CCCC2)n1. The molecule has 0 aromatic carbocycles. The van der Waals surface area contributed by atoms with E-state index in [0.717, 1.165) is 11.8 Å². The Morgan fingerprint density at radius 3 is 2.21 bits per heavy atom. The van der Waals surface area contributed by atoms with Gasteiger partial charge in [0.15, 0.2) is 0 Å². The van der Waals surface area contributed by atoms with Gasteiger partial charge in [-0.15, -0.1) is 0 Å². The summed E-state index contributed by atoms with van der Waals surface area (Å²) in [6.07, 6.45) is 13.6. The van der Waals surface area contributed by atoms with Crippen molar-refractivity contribution < 1.29 is 0 Å². The Kier molecular flexibility index (Phi) is 4.16. The number of nitrogens with one attached hydrogen (secondary N) is 2. The van der Waals surface area contributed by atoms with E-state index in [4.69, 9.17) is 0 Å². The molecule has 1 aromatic rings. The van der Waals surface area contributed by atoms with Crippen molar-refractivity contribution in [2.45, 2.75) is 69.9 Å². The summed E-state index contributed by atoms with van der Waals surface area (Å²) in [5.41, 5.74) is 0. The monoisotopic (exact) mass is 260 g/mol. The van der Waals surface area contributed by atoms with Gasteiger partial charge in [-0.3, -0.25) is 0 Å². The maximum Gasteiger partial charge on any atom is 0.224 e. The molecule has 0 aliphatic heterocycles. The minimum absolute atomic E-state index is 0.574. The molecule has 4 nitrogen and oxygen atoms in total. The van der Waals surface area contributed by atoms with Gasteiger partial charge in [0.25, 0.3) is 0 Å². The molecule has 0 bridgehead atoms. The van der Waals surface area contributed by atoms with Gasteiger partial charge in [0.1, 0.15) is 5.82 Å². The second-order valence-corrected chi connectivity index (χ2v) is 5.87. The highest BCUT2D eigenvalue weighted by atomic mass is 15.2. The molecule has 0 amide bonds. The van der Waals surface area contributed by atoms with Crippen LogP contribution < -0.4 is 10.6 Å². The van der Waals surface area contributed by atoms with Crippen molar-refractivity contribution >= 4 is 11.8 Å². The second-order valence-electron chi connectivity index (χ2n) is 5.87. The second kappa shape index (κ2) is 6.22. The third-order valence-corrected chi connectivity index (χ3v) is 4.30. The van der Waals surface area contributed by atoms with Crippen molar-refractivity contribution in [3.05, 3.63) is 12.3 Å². The number of rotatable bonds is 4. The van der Waals surface area contributed by atoms with E-state index in [2.05, 4.69) is 20.6 Å². The van der Waals surface area contributed by atoms with Crippen molar-refractivity contribution in [3.63, 3.8) is 0 Å². The van der Waals surface area contributed by atoms with Gasteiger partial charge in [-0.2, -0.15) is 4.98 Å². The predicted molar refractivity (Wildman–Crippen MR) is 78.4 cm³/mol. The first-order chi connectivity index (χ1) is 9.40. The molecule has 3 rings (SSSR count). The lowest BCUT2D eigenvalue weighted by Gasteiger charge is -2.23. The topological polar surface area (TPSA) is 49.8 Å². The average molecular weight is 260 g/mol. The fourth-order valence-electron chi connectivity index (χ4n) is 3.22. The standard InChI is InChI=1S/C15H24N4/c1-2-6-12(7-3-1)17-14-10-11-16-15(19-14)18-13-8-4-5-9-13/h10-13H,1-9H2,(H2,16,17,18,19). The van der Waals surface area contributed by atoms with Crippen molar-refractivity contribution in [1.29, 1.82) is 0 Å². The molecule has 2 fully saturated rings. The summed E-state index contributed by atoms with van der Waals surface area (Å²) in [7, 11) is 0. The minimum atomic E-state index is 0.574. The highest BCUT2D eigenvalue weighted by molar-refractivity contribution is 5.40. The van der Waals surface area contributed by atoms with Crippen LogP contribution in [0.1, 0.15) is 57.8 Å². The third-order valence-electron chi connectivity index (χ3n) is 4.30. The van der Waals surface area contributed by atoms with Crippen LogP contribution in [-0.4, -0.2) is 22.1 Å². The van der Waals surface area contributed by atoms with Crippen LogP contribution >= 0.6 is 0 Å². The Morgan fingerprint density at radius 1 is 0.842 bits per heavy atom. The zero-order chi connectivity index (χ0) is 12.9. The molecule has 104 valence electrons. The lowest BCUT2D eigenvalue weighted by atomic mass is 9.95. The molecule has 4 heteroatoms. The minimum Gasteiger partial charge on any atom is -0.367 e. The van der Waals surface area contributed by atoms with Crippen LogP contribution in [0.15, 0.2) is 12.3 Å². The van der Waals surface area contributed by atoms with Crippen LogP contribution in [-0.2, 0) is 0 Å². The van der Waals surface area contributed by atoms with Crippen LogP contribution in [0.4, 0.5) is 11.8 Å². The largest absolute Gasteiger partial charge is 0.367 e. The fraction of sp³-hybridized carbons (Fsp3) is 0.733. The van der Waals surface area contributed by atoms with Crippen LogP contribution in [0.5, 0.6) is 0 Å². The van der Waals surface area contributed by atoms with Gasteiger partial charge < -0.3 is 10.6 Å². The molecule has 0 saturated heterocycles. The number of nitrogens with zero attached hydrogens (tertiary/aromatic N) is 2. The Labute approximate surface area is 115 Å². The van der Waals surface area contributed by atoms with Crippen LogP contribution in [0.2, 0.25) is 0 Å². The van der Waals surface area contributed by atoms with Gasteiger partial charge in [0.2, 0.25) is 5.95 Å². The summed E-state index contributed by atoms with van der Waals surface area (Å²) >= 11 is 0. The molecule has 0 radical (unpaired) electrons. The Morgan fingerprint density at radius 2 is 1.47 bits per heavy atom. The molecular weight excluding hydrogens is 236 g/mol. The molecule has 0 atom stereocenters. The van der Waals surface area contributed by atoms with E-state index in [1.54, 1.807) is 0 Å². The predicted octanol–water partition coefficient (Wildman–Crippen LogP) is 3.58. The van der Waals surface area contributed by atoms with Crippen LogP contribution in [0.25, 0.3) is 0 Å². The van der Waals surface area contributed by atoms with Gasteiger partial charge in [0, 0.05) is 18.3 Å². The van der Waals surface area contributed by atoms with Gasteiger partial charge in [-0.05, 0) is 31.7 Å². The molecule has 0 unspecified atom stereocenters. The molecule has 2 aliphatic rings. The molecular formula is C15H24N4. The van der Waals surface area contributed by atoms with E-state index in [-0.39, 0.29) is 0 Å². The van der Waals surface area contributed by atoms with E-state index in [0.29, 0.717) is 12.1 Å². The van der Waals surface area contributed by atoms with Gasteiger partial charge in [-0.1, -0.05) is 32.1 Å². The van der Waals surface area contributed by atoms with Crippen molar-refractivity contribution in [2.75, 3.05) is 10.6 Å². The first kappa shape index (κ1) is 12.7. The Bertz CT molecular complexity index is 395. The summed E-state index contributed by atoms with van der Waals surface area (Å²) < 4.78 is 0. The van der Waals surface area contributed by atoms with Gasteiger partial charge in [0.05, 0.1) is 0 Å². The molecule has 0 spiro atoms. The quantitative estimate of drug-likeness (QED) is 0.869. The number of aromatic nitrogens is 2. The summed E-state index contributed by atoms with van der Waals surface area (Å²) in [6.45, 7) is 0. The Balaban J connectivity index is 1.58.